The van der Waals surface area contributed by atoms with Gasteiger partial charge in [0.05, 0.1) is 12.7 Å². The SMILES string of the molecule is COc1c(C(=O)C(F)(F)C(F)F)ccc(C)c1C. The lowest BCUT2D eigenvalue weighted by Gasteiger charge is -2.17. The highest BCUT2D eigenvalue weighted by molar-refractivity contribution is 6.04. The minimum absolute atomic E-state index is 0.0969. The fourth-order valence-electron chi connectivity index (χ4n) is 1.51. The molecule has 18 heavy (non-hydrogen) atoms. The summed E-state index contributed by atoms with van der Waals surface area (Å²) in [5.41, 5.74) is 0.642. The van der Waals surface area contributed by atoms with Crippen LogP contribution in [0.2, 0.25) is 0 Å². The Hall–Kier alpha value is -1.59. The molecule has 6 heteroatoms. The Balaban J connectivity index is 3.35. The van der Waals surface area contributed by atoms with Gasteiger partial charge in [0.25, 0.3) is 0 Å². The summed E-state index contributed by atoms with van der Waals surface area (Å²) in [6.45, 7) is 3.25. The van der Waals surface area contributed by atoms with Crippen LogP contribution in [0, 0.1) is 13.8 Å². The predicted molar refractivity (Wildman–Crippen MR) is 57.7 cm³/mol. The number of aryl methyl sites for hydroxylation is 1. The first-order chi connectivity index (χ1) is 8.23. The summed E-state index contributed by atoms with van der Waals surface area (Å²) in [6, 6.07) is 2.48. The van der Waals surface area contributed by atoms with Gasteiger partial charge in [-0.25, -0.2) is 8.78 Å². The molecule has 0 saturated heterocycles. The first-order valence-corrected chi connectivity index (χ1v) is 5.08. The van der Waals surface area contributed by atoms with E-state index in [1.54, 1.807) is 13.8 Å². The summed E-state index contributed by atoms with van der Waals surface area (Å²) >= 11 is 0. The number of carbonyl (C=O) groups is 1. The second-order valence-electron chi connectivity index (χ2n) is 3.84. The van der Waals surface area contributed by atoms with Crippen molar-refractivity contribution in [3.63, 3.8) is 0 Å². The second kappa shape index (κ2) is 4.96. The lowest BCUT2D eigenvalue weighted by Crippen LogP contribution is -2.36. The fraction of sp³-hybridized carbons (Fsp3) is 0.417. The zero-order valence-electron chi connectivity index (χ0n) is 10.1. The molecule has 1 rings (SSSR count). The van der Waals surface area contributed by atoms with Gasteiger partial charge in [-0.3, -0.25) is 4.79 Å². The molecular formula is C12H12F4O2. The van der Waals surface area contributed by atoms with Gasteiger partial charge in [-0.05, 0) is 31.0 Å². The van der Waals surface area contributed by atoms with Gasteiger partial charge in [-0.15, -0.1) is 0 Å². The van der Waals surface area contributed by atoms with Crippen LogP contribution in [-0.2, 0) is 0 Å². The van der Waals surface area contributed by atoms with E-state index in [1.165, 1.54) is 13.2 Å². The number of ether oxygens (including phenoxy) is 1. The maximum absolute atomic E-state index is 13.0. The number of alkyl halides is 4. The van der Waals surface area contributed by atoms with Crippen LogP contribution in [0.5, 0.6) is 5.75 Å². The van der Waals surface area contributed by atoms with Gasteiger partial charge >= 0.3 is 12.3 Å². The number of ketones is 1. The number of benzene rings is 1. The van der Waals surface area contributed by atoms with E-state index in [0.717, 1.165) is 6.07 Å². The summed E-state index contributed by atoms with van der Waals surface area (Å²) in [5, 5.41) is 0. The maximum Gasteiger partial charge on any atom is 0.369 e. The molecule has 2 nitrogen and oxygen atoms in total. The average molecular weight is 264 g/mol. The number of rotatable bonds is 4. The van der Waals surface area contributed by atoms with Crippen LogP contribution in [0.1, 0.15) is 21.5 Å². The van der Waals surface area contributed by atoms with Gasteiger partial charge in [0.15, 0.2) is 0 Å². The van der Waals surface area contributed by atoms with Crippen LogP contribution in [0.25, 0.3) is 0 Å². The molecule has 0 amide bonds. The second-order valence-corrected chi connectivity index (χ2v) is 3.84. The molecule has 0 saturated carbocycles. The molecule has 1 aromatic rings. The zero-order chi connectivity index (χ0) is 14.1. The van der Waals surface area contributed by atoms with Crippen LogP contribution in [0.3, 0.4) is 0 Å². The van der Waals surface area contributed by atoms with E-state index in [9.17, 15) is 22.4 Å². The summed E-state index contributed by atoms with van der Waals surface area (Å²) in [6.07, 6.45) is -4.05. The average Bonchev–Trinajstić information content (AvgIpc) is 2.31. The summed E-state index contributed by atoms with van der Waals surface area (Å²) < 4.78 is 55.2. The van der Waals surface area contributed by atoms with E-state index >= 15 is 0 Å². The van der Waals surface area contributed by atoms with Crippen molar-refractivity contribution < 1.29 is 27.1 Å². The Labute approximate surface area is 102 Å². The summed E-state index contributed by atoms with van der Waals surface area (Å²) in [5.74, 6) is -6.74. The highest BCUT2D eigenvalue weighted by Crippen LogP contribution is 2.33. The molecule has 100 valence electrons. The lowest BCUT2D eigenvalue weighted by atomic mass is 9.98. The monoisotopic (exact) mass is 264 g/mol. The molecule has 1 aromatic carbocycles. The molecule has 0 atom stereocenters. The third kappa shape index (κ3) is 2.32. The molecule has 0 aliphatic carbocycles. The van der Waals surface area contributed by atoms with E-state index in [2.05, 4.69) is 0 Å². The minimum atomic E-state index is -4.71. The molecule has 0 unspecified atom stereocenters. The normalized spacial score (nSPS) is 11.8. The van der Waals surface area contributed by atoms with Crippen LogP contribution in [-0.4, -0.2) is 25.2 Å². The molecule has 0 aromatic heterocycles. The van der Waals surface area contributed by atoms with Crippen molar-refractivity contribution in [2.75, 3.05) is 7.11 Å². The van der Waals surface area contributed by atoms with Crippen LogP contribution >= 0.6 is 0 Å². The van der Waals surface area contributed by atoms with Gasteiger partial charge in [-0.2, -0.15) is 8.78 Å². The van der Waals surface area contributed by atoms with Crippen molar-refractivity contribution in [2.45, 2.75) is 26.2 Å². The van der Waals surface area contributed by atoms with Gasteiger partial charge in [0.1, 0.15) is 5.75 Å². The molecule has 0 bridgehead atoms. The largest absolute Gasteiger partial charge is 0.496 e. The van der Waals surface area contributed by atoms with Crippen LogP contribution in [0.4, 0.5) is 17.6 Å². The quantitative estimate of drug-likeness (QED) is 0.615. The van der Waals surface area contributed by atoms with Gasteiger partial charge in [0.2, 0.25) is 5.78 Å². The minimum Gasteiger partial charge on any atom is -0.496 e. The third-order valence-electron chi connectivity index (χ3n) is 2.70. The molecule has 0 aliphatic rings. The topological polar surface area (TPSA) is 26.3 Å². The van der Waals surface area contributed by atoms with Gasteiger partial charge in [0, 0.05) is 0 Å². The number of carbonyl (C=O) groups excluding carboxylic acids is 1. The van der Waals surface area contributed by atoms with Crippen LogP contribution < -0.4 is 4.74 Å². The Bertz CT molecular complexity index is 469. The van der Waals surface area contributed by atoms with Crippen molar-refractivity contribution in [1.29, 1.82) is 0 Å². The van der Waals surface area contributed by atoms with Crippen molar-refractivity contribution in [1.82, 2.24) is 0 Å². The van der Waals surface area contributed by atoms with Crippen LogP contribution in [0.15, 0.2) is 12.1 Å². The van der Waals surface area contributed by atoms with Crippen molar-refractivity contribution in [2.24, 2.45) is 0 Å². The first-order valence-electron chi connectivity index (χ1n) is 5.08. The zero-order valence-corrected chi connectivity index (χ0v) is 10.1. The molecular weight excluding hydrogens is 252 g/mol. The third-order valence-corrected chi connectivity index (χ3v) is 2.70. The van der Waals surface area contributed by atoms with Gasteiger partial charge in [-0.1, -0.05) is 6.07 Å². The Morgan fingerprint density at radius 2 is 1.83 bits per heavy atom. The molecule has 0 fully saturated rings. The smallest absolute Gasteiger partial charge is 0.369 e. The lowest BCUT2D eigenvalue weighted by molar-refractivity contribution is -0.0959. The van der Waals surface area contributed by atoms with E-state index in [-0.39, 0.29) is 5.75 Å². The molecule has 0 spiro atoms. The Kier molecular flexibility index (Phi) is 3.98. The molecule has 0 heterocycles. The molecule has 0 aliphatic heterocycles. The number of Topliss-reactive ketones (excluding diaryl/α,β-unsaturated/α-hetero) is 1. The highest BCUT2D eigenvalue weighted by Gasteiger charge is 2.50. The number of halogens is 4. The van der Waals surface area contributed by atoms with Gasteiger partial charge < -0.3 is 4.74 Å². The number of hydrogen-bond donors (Lipinski definition) is 0. The first kappa shape index (κ1) is 14.5. The molecule has 0 radical (unpaired) electrons. The Morgan fingerprint density at radius 3 is 2.28 bits per heavy atom. The highest BCUT2D eigenvalue weighted by atomic mass is 19.3. The van der Waals surface area contributed by atoms with E-state index in [1.807, 2.05) is 0 Å². The molecule has 0 N–H and O–H groups in total. The van der Waals surface area contributed by atoms with Crippen molar-refractivity contribution in [3.05, 3.63) is 28.8 Å². The number of hydrogen-bond acceptors (Lipinski definition) is 2. The maximum atomic E-state index is 13.0. The van der Waals surface area contributed by atoms with Crippen molar-refractivity contribution >= 4 is 5.78 Å². The van der Waals surface area contributed by atoms with Crippen molar-refractivity contribution in [3.8, 4) is 5.75 Å². The Morgan fingerprint density at radius 1 is 1.28 bits per heavy atom. The predicted octanol–water partition coefficient (Wildman–Crippen LogP) is 3.40. The fourth-order valence-corrected chi connectivity index (χ4v) is 1.51. The van der Waals surface area contributed by atoms with E-state index in [0.29, 0.717) is 11.1 Å². The number of methoxy groups -OCH3 is 1. The van der Waals surface area contributed by atoms with E-state index < -0.39 is 23.7 Å². The van der Waals surface area contributed by atoms with E-state index in [4.69, 9.17) is 4.74 Å². The summed E-state index contributed by atoms with van der Waals surface area (Å²) in [4.78, 5) is 11.4. The standard InChI is InChI=1S/C12H12F4O2/c1-6-4-5-8(9(18-3)7(6)2)10(17)12(15,16)11(13)14/h4-5,11H,1-3H3. The summed E-state index contributed by atoms with van der Waals surface area (Å²) in [7, 11) is 1.19.